The van der Waals surface area contributed by atoms with E-state index >= 15 is 0 Å². The molecule has 2 atom stereocenters. The highest BCUT2D eigenvalue weighted by Gasteiger charge is 2.31. The molecule has 0 radical (unpaired) electrons. The van der Waals surface area contributed by atoms with E-state index in [0.717, 1.165) is 24.6 Å². The molecule has 1 aliphatic heterocycles. The largest absolute Gasteiger partial charge is 0.489 e. The first-order valence-electron chi connectivity index (χ1n) is 7.93. The summed E-state index contributed by atoms with van der Waals surface area (Å²) in [7, 11) is 2.23. The van der Waals surface area contributed by atoms with Crippen molar-refractivity contribution in [3.63, 3.8) is 0 Å². The Morgan fingerprint density at radius 2 is 1.90 bits per heavy atom. The normalized spacial score (nSPS) is 23.8. The van der Waals surface area contributed by atoms with Gasteiger partial charge in [-0.05, 0) is 36.9 Å². The molecule has 1 fully saturated rings. The molecule has 1 aromatic carbocycles. The summed E-state index contributed by atoms with van der Waals surface area (Å²) in [5, 5.41) is 0. The summed E-state index contributed by atoms with van der Waals surface area (Å²) >= 11 is 0. The Bertz CT molecular complexity index is 427. The SMILES string of the molecule is CC(C)CC1CC(Oc2ccccc2C(C)C)CN1C. The second-order valence-corrected chi connectivity index (χ2v) is 6.89. The molecule has 1 aromatic rings. The highest BCUT2D eigenvalue weighted by Crippen LogP contribution is 2.30. The summed E-state index contributed by atoms with van der Waals surface area (Å²) in [4.78, 5) is 2.46. The predicted molar refractivity (Wildman–Crippen MR) is 85.4 cm³/mol. The van der Waals surface area contributed by atoms with Gasteiger partial charge < -0.3 is 4.74 Å². The molecule has 0 aliphatic carbocycles. The smallest absolute Gasteiger partial charge is 0.123 e. The molecule has 2 rings (SSSR count). The molecule has 0 spiro atoms. The summed E-state index contributed by atoms with van der Waals surface area (Å²) in [6.07, 6.45) is 2.76. The van der Waals surface area contributed by atoms with Crippen molar-refractivity contribution in [2.75, 3.05) is 13.6 Å². The van der Waals surface area contributed by atoms with Crippen LogP contribution >= 0.6 is 0 Å². The van der Waals surface area contributed by atoms with Gasteiger partial charge >= 0.3 is 0 Å². The van der Waals surface area contributed by atoms with Gasteiger partial charge in [0, 0.05) is 19.0 Å². The lowest BCUT2D eigenvalue weighted by atomic mass is 10.0. The Morgan fingerprint density at radius 3 is 2.55 bits per heavy atom. The minimum atomic E-state index is 0.337. The van der Waals surface area contributed by atoms with Gasteiger partial charge in [-0.15, -0.1) is 0 Å². The Balaban J connectivity index is 2.01. The van der Waals surface area contributed by atoms with Crippen LogP contribution in [0.1, 0.15) is 52.0 Å². The van der Waals surface area contributed by atoms with Gasteiger partial charge in [-0.2, -0.15) is 0 Å². The van der Waals surface area contributed by atoms with Crippen molar-refractivity contribution in [3.8, 4) is 5.75 Å². The van der Waals surface area contributed by atoms with E-state index in [2.05, 4.69) is 63.9 Å². The fraction of sp³-hybridized carbons (Fsp3) is 0.667. The van der Waals surface area contributed by atoms with Crippen molar-refractivity contribution in [1.82, 2.24) is 4.90 Å². The summed E-state index contributed by atoms with van der Waals surface area (Å²) in [6.45, 7) is 10.1. The van der Waals surface area contributed by atoms with Gasteiger partial charge in [0.25, 0.3) is 0 Å². The Labute approximate surface area is 124 Å². The Hall–Kier alpha value is -1.02. The lowest BCUT2D eigenvalue weighted by Gasteiger charge is -2.20. The number of nitrogens with zero attached hydrogens (tertiary/aromatic N) is 1. The standard InChI is InChI=1S/C18H29NO/c1-13(2)10-15-11-16(12-19(15)5)20-18-9-7-6-8-17(18)14(3)4/h6-9,13-16H,10-12H2,1-5H3. The predicted octanol–water partition coefficient (Wildman–Crippen LogP) is 4.31. The first-order valence-corrected chi connectivity index (χ1v) is 7.93. The fourth-order valence-electron chi connectivity index (χ4n) is 3.18. The average molecular weight is 275 g/mol. The molecule has 1 heterocycles. The van der Waals surface area contributed by atoms with Crippen molar-refractivity contribution in [3.05, 3.63) is 29.8 Å². The van der Waals surface area contributed by atoms with Crippen LogP contribution in [0.25, 0.3) is 0 Å². The third kappa shape index (κ3) is 3.76. The monoisotopic (exact) mass is 275 g/mol. The number of likely N-dealkylation sites (tertiary alicyclic amines) is 1. The molecule has 0 bridgehead atoms. The first kappa shape index (κ1) is 15.4. The van der Waals surface area contributed by atoms with Crippen LogP contribution in [0.4, 0.5) is 0 Å². The topological polar surface area (TPSA) is 12.5 Å². The highest BCUT2D eigenvalue weighted by atomic mass is 16.5. The van der Waals surface area contributed by atoms with Gasteiger partial charge in [0.2, 0.25) is 0 Å². The summed E-state index contributed by atoms with van der Waals surface area (Å²) in [6, 6.07) is 9.15. The van der Waals surface area contributed by atoms with E-state index in [0.29, 0.717) is 18.1 Å². The van der Waals surface area contributed by atoms with Crippen molar-refractivity contribution < 1.29 is 4.74 Å². The number of hydrogen-bond donors (Lipinski definition) is 0. The van der Waals surface area contributed by atoms with E-state index in [1.54, 1.807) is 0 Å². The van der Waals surface area contributed by atoms with Gasteiger partial charge in [-0.25, -0.2) is 0 Å². The van der Waals surface area contributed by atoms with Crippen LogP contribution in [0.5, 0.6) is 5.75 Å². The molecule has 112 valence electrons. The zero-order chi connectivity index (χ0) is 14.7. The zero-order valence-corrected chi connectivity index (χ0v) is 13.6. The molecular formula is C18H29NO. The van der Waals surface area contributed by atoms with Gasteiger partial charge in [0.1, 0.15) is 11.9 Å². The van der Waals surface area contributed by atoms with Crippen molar-refractivity contribution in [2.45, 2.75) is 58.6 Å². The lowest BCUT2D eigenvalue weighted by molar-refractivity contribution is 0.205. The van der Waals surface area contributed by atoms with Crippen LogP contribution in [0.15, 0.2) is 24.3 Å². The molecule has 0 aromatic heterocycles. The summed E-state index contributed by atoms with van der Waals surface area (Å²) in [5.74, 6) is 2.34. The molecule has 1 saturated heterocycles. The molecule has 0 amide bonds. The number of para-hydroxylation sites is 1. The van der Waals surface area contributed by atoms with Crippen LogP contribution in [0.3, 0.4) is 0 Å². The number of benzene rings is 1. The van der Waals surface area contributed by atoms with Crippen LogP contribution in [-0.4, -0.2) is 30.6 Å². The summed E-state index contributed by atoms with van der Waals surface area (Å²) < 4.78 is 6.31. The first-order chi connectivity index (χ1) is 9.47. The molecular weight excluding hydrogens is 246 g/mol. The van der Waals surface area contributed by atoms with Gasteiger partial charge in [-0.1, -0.05) is 45.9 Å². The maximum Gasteiger partial charge on any atom is 0.123 e. The fourth-order valence-corrected chi connectivity index (χ4v) is 3.18. The van der Waals surface area contributed by atoms with E-state index < -0.39 is 0 Å². The van der Waals surface area contributed by atoms with Crippen molar-refractivity contribution in [1.29, 1.82) is 0 Å². The molecule has 2 unspecified atom stereocenters. The molecule has 2 heteroatoms. The molecule has 0 N–H and O–H groups in total. The quantitative estimate of drug-likeness (QED) is 0.794. The van der Waals surface area contributed by atoms with Crippen LogP contribution < -0.4 is 4.74 Å². The van der Waals surface area contributed by atoms with E-state index in [1.165, 1.54) is 12.0 Å². The number of hydrogen-bond acceptors (Lipinski definition) is 2. The van der Waals surface area contributed by atoms with Gasteiger partial charge in [0.05, 0.1) is 0 Å². The minimum absolute atomic E-state index is 0.337. The number of ether oxygens (including phenoxy) is 1. The van der Waals surface area contributed by atoms with Crippen molar-refractivity contribution >= 4 is 0 Å². The Morgan fingerprint density at radius 1 is 1.20 bits per heavy atom. The highest BCUT2D eigenvalue weighted by molar-refractivity contribution is 5.35. The van der Waals surface area contributed by atoms with E-state index in [1.807, 2.05) is 0 Å². The zero-order valence-electron chi connectivity index (χ0n) is 13.6. The molecule has 2 nitrogen and oxygen atoms in total. The minimum Gasteiger partial charge on any atom is -0.489 e. The second kappa shape index (κ2) is 6.62. The third-order valence-electron chi connectivity index (χ3n) is 4.23. The maximum atomic E-state index is 6.31. The van der Waals surface area contributed by atoms with E-state index in [-0.39, 0.29) is 0 Å². The molecule has 20 heavy (non-hydrogen) atoms. The van der Waals surface area contributed by atoms with Gasteiger partial charge in [0.15, 0.2) is 0 Å². The average Bonchev–Trinajstić information content (AvgIpc) is 2.69. The van der Waals surface area contributed by atoms with E-state index in [9.17, 15) is 0 Å². The number of rotatable bonds is 5. The van der Waals surface area contributed by atoms with Crippen molar-refractivity contribution in [2.24, 2.45) is 5.92 Å². The summed E-state index contributed by atoms with van der Waals surface area (Å²) in [5.41, 5.74) is 1.32. The maximum absolute atomic E-state index is 6.31. The van der Waals surface area contributed by atoms with Crippen LogP contribution in [-0.2, 0) is 0 Å². The van der Waals surface area contributed by atoms with Crippen LogP contribution in [0, 0.1) is 5.92 Å². The Kier molecular flexibility index (Phi) is 5.09. The molecule has 0 saturated carbocycles. The molecule has 1 aliphatic rings. The van der Waals surface area contributed by atoms with E-state index in [4.69, 9.17) is 4.74 Å². The lowest BCUT2D eigenvalue weighted by Crippen LogP contribution is -2.26. The third-order valence-corrected chi connectivity index (χ3v) is 4.23. The second-order valence-electron chi connectivity index (χ2n) is 6.89. The van der Waals surface area contributed by atoms with Crippen LogP contribution in [0.2, 0.25) is 0 Å². The van der Waals surface area contributed by atoms with Gasteiger partial charge in [-0.3, -0.25) is 4.90 Å². The number of likely N-dealkylation sites (N-methyl/N-ethyl adjacent to an activating group) is 1.